The predicted octanol–water partition coefficient (Wildman–Crippen LogP) is 5.32. The first-order valence-corrected chi connectivity index (χ1v) is 8.68. The lowest BCUT2D eigenvalue weighted by Gasteiger charge is -2.12. The molecule has 0 amide bonds. The highest BCUT2D eigenvalue weighted by molar-refractivity contribution is 9.08. The summed E-state index contributed by atoms with van der Waals surface area (Å²) in [5.74, 6) is 0.102. The van der Waals surface area contributed by atoms with Gasteiger partial charge in [-0.1, -0.05) is 68.3 Å². The lowest BCUT2D eigenvalue weighted by molar-refractivity contribution is 0.103. The number of ketones is 1. The van der Waals surface area contributed by atoms with Gasteiger partial charge >= 0.3 is 0 Å². The van der Waals surface area contributed by atoms with E-state index in [1.54, 1.807) is 0 Å². The molecule has 0 N–H and O–H groups in total. The van der Waals surface area contributed by atoms with Gasteiger partial charge in [0.2, 0.25) is 0 Å². The number of hydrogen-bond acceptors (Lipinski definition) is 1. The van der Waals surface area contributed by atoms with Crippen molar-refractivity contribution in [3.63, 3.8) is 0 Å². The zero-order valence-corrected chi connectivity index (χ0v) is 14.7. The van der Waals surface area contributed by atoms with Gasteiger partial charge in [0.25, 0.3) is 0 Å². The fraction of sp³-hybridized carbons (Fsp3) is 0.235. The topological polar surface area (TPSA) is 17.1 Å². The highest BCUT2D eigenvalue weighted by Crippen LogP contribution is 2.23. The van der Waals surface area contributed by atoms with E-state index in [1.165, 1.54) is 0 Å². The molecule has 0 saturated heterocycles. The molecule has 2 aromatic rings. The van der Waals surface area contributed by atoms with Gasteiger partial charge in [-0.3, -0.25) is 4.79 Å². The van der Waals surface area contributed by atoms with E-state index in [-0.39, 0.29) is 5.78 Å². The maximum Gasteiger partial charge on any atom is 0.193 e. The van der Waals surface area contributed by atoms with Crippen LogP contribution >= 0.6 is 31.9 Å². The van der Waals surface area contributed by atoms with Crippen molar-refractivity contribution in [2.24, 2.45) is 0 Å². The smallest absolute Gasteiger partial charge is 0.193 e. The van der Waals surface area contributed by atoms with Crippen LogP contribution in [0.3, 0.4) is 0 Å². The molecule has 0 atom stereocenters. The van der Waals surface area contributed by atoms with E-state index in [1.807, 2.05) is 50.2 Å². The number of carbonyl (C=O) groups is 1. The Labute approximate surface area is 136 Å². The molecule has 0 heterocycles. The van der Waals surface area contributed by atoms with Crippen molar-refractivity contribution in [2.45, 2.75) is 24.5 Å². The second-order valence-electron chi connectivity index (χ2n) is 4.78. The third kappa shape index (κ3) is 2.89. The Hall–Kier alpha value is -0.930. The highest BCUT2D eigenvalue weighted by atomic mass is 79.9. The summed E-state index contributed by atoms with van der Waals surface area (Å²) < 4.78 is 0. The molecule has 20 heavy (non-hydrogen) atoms. The van der Waals surface area contributed by atoms with Gasteiger partial charge in [-0.05, 0) is 36.1 Å². The van der Waals surface area contributed by atoms with Gasteiger partial charge in [0.05, 0.1) is 0 Å². The Balaban J connectivity index is 2.52. The van der Waals surface area contributed by atoms with Gasteiger partial charge in [0, 0.05) is 21.8 Å². The first-order chi connectivity index (χ1) is 9.60. The number of hydrogen-bond donors (Lipinski definition) is 0. The van der Waals surface area contributed by atoms with Crippen molar-refractivity contribution in [2.75, 3.05) is 0 Å². The van der Waals surface area contributed by atoms with Crippen LogP contribution in [0, 0.1) is 13.8 Å². The third-order valence-electron chi connectivity index (χ3n) is 3.67. The Kier molecular flexibility index (Phi) is 5.17. The summed E-state index contributed by atoms with van der Waals surface area (Å²) in [4.78, 5) is 12.8. The Morgan fingerprint density at radius 3 is 1.60 bits per heavy atom. The van der Waals surface area contributed by atoms with Crippen molar-refractivity contribution < 1.29 is 4.79 Å². The number of benzene rings is 2. The van der Waals surface area contributed by atoms with Crippen LogP contribution in [-0.4, -0.2) is 5.78 Å². The number of rotatable bonds is 4. The minimum atomic E-state index is 0.102. The number of alkyl halides is 2. The van der Waals surface area contributed by atoms with E-state index in [9.17, 15) is 4.79 Å². The van der Waals surface area contributed by atoms with Crippen LogP contribution in [0.5, 0.6) is 0 Å². The molecular formula is C17H16Br2O. The van der Waals surface area contributed by atoms with Crippen LogP contribution in [0.4, 0.5) is 0 Å². The molecule has 0 aromatic heterocycles. The molecule has 104 valence electrons. The summed E-state index contributed by atoms with van der Waals surface area (Å²) in [6.45, 7) is 4.01. The normalized spacial score (nSPS) is 10.6. The SMILES string of the molecule is Cc1c(CBr)cccc1C(=O)c1cccc(CBr)c1C. The van der Waals surface area contributed by atoms with Gasteiger partial charge in [-0.2, -0.15) is 0 Å². The zero-order chi connectivity index (χ0) is 14.7. The minimum absolute atomic E-state index is 0.102. The Morgan fingerprint density at radius 2 is 1.25 bits per heavy atom. The third-order valence-corrected chi connectivity index (χ3v) is 4.88. The van der Waals surface area contributed by atoms with Crippen molar-refractivity contribution in [1.82, 2.24) is 0 Å². The maximum atomic E-state index is 12.8. The molecule has 2 aromatic carbocycles. The molecule has 0 radical (unpaired) electrons. The van der Waals surface area contributed by atoms with Gasteiger partial charge in [0.1, 0.15) is 0 Å². The van der Waals surface area contributed by atoms with Gasteiger partial charge in [-0.15, -0.1) is 0 Å². The van der Waals surface area contributed by atoms with Crippen LogP contribution in [0.15, 0.2) is 36.4 Å². The van der Waals surface area contributed by atoms with E-state index in [2.05, 4.69) is 31.9 Å². The summed E-state index contributed by atoms with van der Waals surface area (Å²) in [7, 11) is 0. The van der Waals surface area contributed by atoms with Crippen molar-refractivity contribution in [3.8, 4) is 0 Å². The molecule has 0 fully saturated rings. The molecule has 0 saturated carbocycles. The second kappa shape index (κ2) is 6.68. The summed E-state index contributed by atoms with van der Waals surface area (Å²) in [5, 5.41) is 1.53. The maximum absolute atomic E-state index is 12.8. The molecule has 1 nitrogen and oxygen atoms in total. The van der Waals surface area contributed by atoms with Crippen LogP contribution in [-0.2, 0) is 10.7 Å². The summed E-state index contributed by atoms with van der Waals surface area (Å²) in [5.41, 5.74) is 6.00. The molecule has 0 spiro atoms. The lowest BCUT2D eigenvalue weighted by Crippen LogP contribution is -2.08. The Bertz CT molecular complexity index is 592. The molecule has 3 heteroatoms. The van der Waals surface area contributed by atoms with E-state index < -0.39 is 0 Å². The van der Waals surface area contributed by atoms with Gasteiger partial charge < -0.3 is 0 Å². The predicted molar refractivity (Wildman–Crippen MR) is 91.1 cm³/mol. The molecule has 0 aliphatic heterocycles. The van der Waals surface area contributed by atoms with Crippen LogP contribution in [0.2, 0.25) is 0 Å². The van der Waals surface area contributed by atoms with E-state index in [0.717, 1.165) is 44.0 Å². The fourth-order valence-electron chi connectivity index (χ4n) is 2.29. The molecule has 0 aliphatic rings. The van der Waals surface area contributed by atoms with Crippen molar-refractivity contribution in [3.05, 3.63) is 69.8 Å². The molecule has 0 aliphatic carbocycles. The summed E-state index contributed by atoms with van der Waals surface area (Å²) in [6, 6.07) is 11.8. The summed E-state index contributed by atoms with van der Waals surface area (Å²) >= 11 is 6.94. The number of halogens is 2. The van der Waals surface area contributed by atoms with Crippen molar-refractivity contribution >= 4 is 37.6 Å². The van der Waals surface area contributed by atoms with Gasteiger partial charge in [-0.25, -0.2) is 0 Å². The summed E-state index contributed by atoms with van der Waals surface area (Å²) in [6.07, 6.45) is 0. The average molecular weight is 396 g/mol. The minimum Gasteiger partial charge on any atom is -0.289 e. The van der Waals surface area contributed by atoms with Crippen LogP contribution in [0.25, 0.3) is 0 Å². The van der Waals surface area contributed by atoms with Crippen LogP contribution < -0.4 is 0 Å². The van der Waals surface area contributed by atoms with E-state index in [0.29, 0.717) is 0 Å². The lowest BCUT2D eigenvalue weighted by atomic mass is 9.92. The van der Waals surface area contributed by atoms with E-state index >= 15 is 0 Å². The monoisotopic (exact) mass is 394 g/mol. The van der Waals surface area contributed by atoms with Gasteiger partial charge in [0.15, 0.2) is 5.78 Å². The average Bonchev–Trinajstić information content (AvgIpc) is 2.47. The first-order valence-electron chi connectivity index (χ1n) is 6.43. The van der Waals surface area contributed by atoms with Crippen molar-refractivity contribution in [1.29, 1.82) is 0 Å². The molecule has 0 bridgehead atoms. The first kappa shape index (κ1) is 15.5. The number of carbonyl (C=O) groups excluding carboxylic acids is 1. The Morgan fingerprint density at radius 1 is 0.850 bits per heavy atom. The van der Waals surface area contributed by atoms with Crippen LogP contribution in [0.1, 0.15) is 38.2 Å². The quantitative estimate of drug-likeness (QED) is 0.505. The molecule has 2 rings (SSSR count). The largest absolute Gasteiger partial charge is 0.289 e. The fourth-order valence-corrected chi connectivity index (χ4v) is 3.51. The van der Waals surface area contributed by atoms with E-state index in [4.69, 9.17) is 0 Å². The molecular weight excluding hydrogens is 380 g/mol. The highest BCUT2D eigenvalue weighted by Gasteiger charge is 2.16. The zero-order valence-electron chi connectivity index (χ0n) is 11.5. The molecule has 0 unspecified atom stereocenters. The second-order valence-corrected chi connectivity index (χ2v) is 5.90. The standard InChI is InChI=1S/C17H16Br2O/c1-11-13(9-18)5-3-7-15(11)17(20)16-8-4-6-14(10-19)12(16)2/h3-8H,9-10H2,1-2H3.